The van der Waals surface area contributed by atoms with Crippen molar-refractivity contribution in [2.75, 3.05) is 7.11 Å². The highest BCUT2D eigenvalue weighted by Gasteiger charge is 2.10. The van der Waals surface area contributed by atoms with Gasteiger partial charge in [-0.2, -0.15) is 14.9 Å². The van der Waals surface area contributed by atoms with E-state index in [2.05, 4.69) is 34.4 Å². The summed E-state index contributed by atoms with van der Waals surface area (Å²) in [6, 6.07) is 13.8. The van der Waals surface area contributed by atoms with Crippen LogP contribution in [0.3, 0.4) is 0 Å². The first-order valence-electron chi connectivity index (χ1n) is 7.69. The summed E-state index contributed by atoms with van der Waals surface area (Å²) in [5.41, 5.74) is 3.08. The molecule has 25 heavy (non-hydrogen) atoms. The lowest BCUT2D eigenvalue weighted by molar-refractivity contribution is 0.284. The minimum absolute atomic E-state index is 0.418. The molecule has 0 saturated carbocycles. The Morgan fingerprint density at radius 1 is 1.24 bits per heavy atom. The van der Waals surface area contributed by atoms with Crippen molar-refractivity contribution in [1.82, 2.24) is 14.9 Å². The Kier molecular flexibility index (Phi) is 5.25. The standard InChI is InChI=1S/C18H18N4O2S/c1-13-6-8-14(9-7-13)11-24-17-15(4-3-5-16(17)23-2)10-20-22-12-19-21-18(22)25/h3-10,12H,11H2,1-2H3,(H,21,25)/b20-10+. The van der Waals surface area contributed by atoms with E-state index in [1.807, 2.05) is 30.3 Å². The van der Waals surface area contributed by atoms with Crippen LogP contribution in [0.25, 0.3) is 0 Å². The molecular formula is C18H18N4O2S. The second-order valence-electron chi connectivity index (χ2n) is 5.40. The molecule has 0 aliphatic rings. The maximum atomic E-state index is 6.01. The Hall–Kier alpha value is -2.93. The summed E-state index contributed by atoms with van der Waals surface area (Å²) in [6.07, 6.45) is 3.17. The van der Waals surface area contributed by atoms with E-state index in [4.69, 9.17) is 21.7 Å². The summed E-state index contributed by atoms with van der Waals surface area (Å²) >= 11 is 5.08. The van der Waals surface area contributed by atoms with Crippen LogP contribution in [0.15, 0.2) is 53.9 Å². The topological polar surface area (TPSA) is 64.4 Å². The van der Waals surface area contributed by atoms with E-state index in [-0.39, 0.29) is 0 Å². The third kappa shape index (κ3) is 4.13. The summed E-state index contributed by atoms with van der Waals surface area (Å²) in [6.45, 7) is 2.49. The molecular weight excluding hydrogens is 336 g/mol. The second-order valence-corrected chi connectivity index (χ2v) is 5.79. The number of aryl methyl sites for hydroxylation is 1. The molecule has 1 aromatic heterocycles. The fourth-order valence-electron chi connectivity index (χ4n) is 2.24. The van der Waals surface area contributed by atoms with Gasteiger partial charge < -0.3 is 9.47 Å². The lowest BCUT2D eigenvalue weighted by Crippen LogP contribution is -2.01. The van der Waals surface area contributed by atoms with Crippen molar-refractivity contribution in [3.05, 3.63) is 70.3 Å². The Morgan fingerprint density at radius 3 is 2.72 bits per heavy atom. The first-order chi connectivity index (χ1) is 12.2. The molecule has 0 spiro atoms. The van der Waals surface area contributed by atoms with Gasteiger partial charge in [0.25, 0.3) is 0 Å². The average molecular weight is 354 g/mol. The molecule has 1 N–H and O–H groups in total. The van der Waals surface area contributed by atoms with E-state index in [1.54, 1.807) is 13.3 Å². The third-order valence-corrected chi connectivity index (χ3v) is 3.87. The van der Waals surface area contributed by atoms with Gasteiger partial charge in [-0.1, -0.05) is 35.9 Å². The normalized spacial score (nSPS) is 11.0. The van der Waals surface area contributed by atoms with E-state index < -0.39 is 0 Å². The van der Waals surface area contributed by atoms with Crippen LogP contribution in [0.2, 0.25) is 0 Å². The minimum Gasteiger partial charge on any atom is -0.493 e. The molecule has 0 amide bonds. The largest absolute Gasteiger partial charge is 0.493 e. The zero-order valence-electron chi connectivity index (χ0n) is 14.0. The van der Waals surface area contributed by atoms with E-state index >= 15 is 0 Å². The molecule has 3 aromatic rings. The number of aromatic amines is 1. The third-order valence-electron chi connectivity index (χ3n) is 3.59. The first-order valence-corrected chi connectivity index (χ1v) is 8.10. The highest BCUT2D eigenvalue weighted by Crippen LogP contribution is 2.30. The van der Waals surface area contributed by atoms with Gasteiger partial charge in [0, 0.05) is 5.56 Å². The summed E-state index contributed by atoms with van der Waals surface area (Å²) in [5, 5.41) is 10.8. The molecule has 0 aliphatic heterocycles. The molecule has 2 aromatic carbocycles. The van der Waals surface area contributed by atoms with E-state index in [0.717, 1.165) is 11.1 Å². The summed E-state index contributed by atoms with van der Waals surface area (Å²) in [4.78, 5) is 0. The number of nitrogens with one attached hydrogen (secondary N) is 1. The molecule has 0 fully saturated rings. The smallest absolute Gasteiger partial charge is 0.216 e. The van der Waals surface area contributed by atoms with Gasteiger partial charge in [0.15, 0.2) is 11.5 Å². The number of rotatable bonds is 6. The fraction of sp³-hybridized carbons (Fsp3) is 0.167. The average Bonchev–Trinajstić information content (AvgIpc) is 3.04. The van der Waals surface area contributed by atoms with Crippen LogP contribution in [0, 0.1) is 11.7 Å². The number of aromatic nitrogens is 3. The van der Waals surface area contributed by atoms with Crippen molar-refractivity contribution < 1.29 is 9.47 Å². The number of hydrogen-bond donors (Lipinski definition) is 1. The molecule has 0 saturated heterocycles. The van der Waals surface area contributed by atoms with Crippen molar-refractivity contribution in [3.8, 4) is 11.5 Å². The Morgan fingerprint density at radius 2 is 2.04 bits per heavy atom. The van der Waals surface area contributed by atoms with Gasteiger partial charge in [-0.05, 0) is 36.8 Å². The molecule has 1 heterocycles. The van der Waals surface area contributed by atoms with Crippen LogP contribution in [0.1, 0.15) is 16.7 Å². The van der Waals surface area contributed by atoms with Gasteiger partial charge in [-0.15, -0.1) is 0 Å². The van der Waals surface area contributed by atoms with Crippen molar-refractivity contribution >= 4 is 18.4 Å². The van der Waals surface area contributed by atoms with Crippen LogP contribution in [-0.4, -0.2) is 28.2 Å². The van der Waals surface area contributed by atoms with Crippen LogP contribution in [-0.2, 0) is 6.61 Å². The van der Waals surface area contributed by atoms with Gasteiger partial charge in [0.05, 0.1) is 13.3 Å². The molecule has 3 rings (SSSR count). The number of methoxy groups -OCH3 is 1. The van der Waals surface area contributed by atoms with Crippen molar-refractivity contribution in [2.45, 2.75) is 13.5 Å². The zero-order valence-corrected chi connectivity index (χ0v) is 14.8. The lowest BCUT2D eigenvalue weighted by atomic mass is 10.1. The quantitative estimate of drug-likeness (QED) is 0.541. The first kappa shape index (κ1) is 16.9. The molecule has 6 nitrogen and oxygen atoms in total. The molecule has 0 unspecified atom stereocenters. The Balaban J connectivity index is 1.86. The van der Waals surface area contributed by atoms with Gasteiger partial charge >= 0.3 is 0 Å². The number of nitrogens with zero attached hydrogens (tertiary/aromatic N) is 3. The maximum absolute atomic E-state index is 6.01. The van der Waals surface area contributed by atoms with Crippen molar-refractivity contribution in [2.24, 2.45) is 5.10 Å². The second kappa shape index (κ2) is 7.76. The van der Waals surface area contributed by atoms with Gasteiger partial charge in [-0.3, -0.25) is 5.10 Å². The Bertz CT molecular complexity index is 929. The van der Waals surface area contributed by atoms with E-state index in [1.165, 1.54) is 16.6 Å². The van der Waals surface area contributed by atoms with Gasteiger partial charge in [-0.25, -0.2) is 0 Å². The fourth-order valence-corrected chi connectivity index (χ4v) is 2.39. The van der Waals surface area contributed by atoms with Crippen LogP contribution < -0.4 is 9.47 Å². The summed E-state index contributed by atoms with van der Waals surface area (Å²) in [7, 11) is 1.61. The SMILES string of the molecule is COc1cccc(/C=N/n2cn[nH]c2=S)c1OCc1ccc(C)cc1. The van der Waals surface area contributed by atoms with Gasteiger partial charge in [0.2, 0.25) is 4.77 Å². The summed E-state index contributed by atoms with van der Waals surface area (Å²) < 4.78 is 13.3. The lowest BCUT2D eigenvalue weighted by Gasteiger charge is -2.13. The highest BCUT2D eigenvalue weighted by molar-refractivity contribution is 7.71. The van der Waals surface area contributed by atoms with Crippen molar-refractivity contribution in [1.29, 1.82) is 0 Å². The molecule has 0 aliphatic carbocycles. The van der Waals surface area contributed by atoms with Crippen LogP contribution in [0.5, 0.6) is 11.5 Å². The number of para-hydroxylation sites is 1. The molecule has 128 valence electrons. The minimum atomic E-state index is 0.418. The van der Waals surface area contributed by atoms with Crippen molar-refractivity contribution in [3.63, 3.8) is 0 Å². The number of hydrogen-bond acceptors (Lipinski definition) is 5. The summed E-state index contributed by atoms with van der Waals surface area (Å²) in [5.74, 6) is 1.27. The highest BCUT2D eigenvalue weighted by atomic mass is 32.1. The zero-order chi connectivity index (χ0) is 17.6. The molecule has 0 bridgehead atoms. The monoisotopic (exact) mass is 354 g/mol. The van der Waals surface area contributed by atoms with Crippen LogP contribution in [0.4, 0.5) is 0 Å². The molecule has 0 radical (unpaired) electrons. The Labute approximate surface area is 150 Å². The van der Waals surface area contributed by atoms with Crippen LogP contribution >= 0.6 is 12.2 Å². The maximum Gasteiger partial charge on any atom is 0.216 e. The van der Waals surface area contributed by atoms with E-state index in [9.17, 15) is 0 Å². The van der Waals surface area contributed by atoms with E-state index in [0.29, 0.717) is 22.9 Å². The molecule has 0 atom stereocenters. The predicted molar refractivity (Wildman–Crippen MR) is 98.9 cm³/mol. The molecule has 7 heteroatoms. The van der Waals surface area contributed by atoms with Gasteiger partial charge in [0.1, 0.15) is 12.9 Å². The predicted octanol–water partition coefficient (Wildman–Crippen LogP) is 3.72. The number of ether oxygens (including phenoxy) is 2. The number of H-pyrrole nitrogens is 1. The number of benzene rings is 2.